The molecule has 0 unspecified atom stereocenters. The molecule has 2 aromatic carbocycles. The minimum Gasteiger partial charge on any atom is -0.354 e. The predicted octanol–water partition coefficient (Wildman–Crippen LogP) is 3.91. The van der Waals surface area contributed by atoms with Gasteiger partial charge in [-0.2, -0.15) is 0 Å². The molecule has 7 nitrogen and oxygen atoms in total. The van der Waals surface area contributed by atoms with E-state index >= 15 is 0 Å². The van der Waals surface area contributed by atoms with Gasteiger partial charge in [0.05, 0.1) is 11.9 Å². The molecule has 0 saturated carbocycles. The second-order valence-electron chi connectivity index (χ2n) is 8.96. The van der Waals surface area contributed by atoms with E-state index in [-0.39, 0.29) is 18.4 Å². The molecule has 1 N–H and O–H groups in total. The Morgan fingerprint density at radius 2 is 1.68 bits per heavy atom. The number of rotatable bonds is 10. The van der Waals surface area contributed by atoms with Gasteiger partial charge in [-0.25, -0.2) is 8.42 Å². The number of nitrogens with one attached hydrogen (secondary N) is 1. The molecule has 0 aliphatic rings. The van der Waals surface area contributed by atoms with Gasteiger partial charge in [-0.05, 0) is 55.5 Å². The van der Waals surface area contributed by atoms with Crippen molar-refractivity contribution in [2.24, 2.45) is 5.92 Å². The second kappa shape index (κ2) is 11.7. The van der Waals surface area contributed by atoms with E-state index < -0.39 is 28.5 Å². The van der Waals surface area contributed by atoms with Gasteiger partial charge in [-0.3, -0.25) is 13.9 Å². The summed E-state index contributed by atoms with van der Waals surface area (Å²) in [5.41, 5.74) is 2.84. The zero-order valence-electron chi connectivity index (χ0n) is 20.6. The second-order valence-corrected chi connectivity index (χ2v) is 11.3. The third kappa shape index (κ3) is 7.46. The molecule has 0 aliphatic carbocycles. The Kier molecular flexibility index (Phi) is 9.53. The van der Waals surface area contributed by atoms with Crippen LogP contribution in [0.15, 0.2) is 42.5 Å². The first-order chi connectivity index (χ1) is 15.8. The van der Waals surface area contributed by atoms with Crippen LogP contribution in [0.3, 0.4) is 0 Å². The molecule has 0 spiro atoms. The molecule has 0 saturated heterocycles. The fraction of sp³-hybridized carbons (Fsp3) is 0.440. The number of nitrogens with zero attached hydrogens (tertiary/aromatic N) is 2. The van der Waals surface area contributed by atoms with E-state index in [0.717, 1.165) is 21.7 Å². The summed E-state index contributed by atoms with van der Waals surface area (Å²) in [6.45, 7) is 9.51. The summed E-state index contributed by atoms with van der Waals surface area (Å²) in [5, 5.41) is 3.23. The van der Waals surface area contributed by atoms with Crippen molar-refractivity contribution in [3.05, 3.63) is 64.2 Å². The highest BCUT2D eigenvalue weighted by molar-refractivity contribution is 7.92. The van der Waals surface area contributed by atoms with Crippen LogP contribution in [-0.2, 0) is 26.2 Å². The SMILES string of the molecule is Cc1ccccc1CN(C(=O)CN(c1cc(Cl)ccc1C)S(C)(=O)=O)[C@@H](C)C(=O)NCC(C)C. The maximum absolute atomic E-state index is 13.6. The zero-order valence-corrected chi connectivity index (χ0v) is 22.2. The average molecular weight is 508 g/mol. The summed E-state index contributed by atoms with van der Waals surface area (Å²) < 4.78 is 26.4. The summed E-state index contributed by atoms with van der Waals surface area (Å²) >= 11 is 6.12. The van der Waals surface area contributed by atoms with Crippen molar-refractivity contribution in [2.45, 2.75) is 47.2 Å². The Morgan fingerprint density at radius 1 is 1.03 bits per heavy atom. The molecule has 186 valence electrons. The number of amides is 2. The van der Waals surface area contributed by atoms with Crippen LogP contribution < -0.4 is 9.62 Å². The number of carbonyl (C=O) groups excluding carboxylic acids is 2. The molecule has 0 aliphatic heterocycles. The summed E-state index contributed by atoms with van der Waals surface area (Å²) in [5.74, 6) is -0.524. The average Bonchev–Trinajstić information content (AvgIpc) is 2.75. The van der Waals surface area contributed by atoms with Gasteiger partial charge in [-0.15, -0.1) is 0 Å². The lowest BCUT2D eigenvalue weighted by Gasteiger charge is -2.32. The van der Waals surface area contributed by atoms with E-state index in [4.69, 9.17) is 11.6 Å². The van der Waals surface area contributed by atoms with Crippen LogP contribution in [0.1, 0.15) is 37.5 Å². The molecule has 0 fully saturated rings. The zero-order chi connectivity index (χ0) is 25.6. The Labute approximate surface area is 208 Å². The number of carbonyl (C=O) groups is 2. The third-order valence-electron chi connectivity index (χ3n) is 5.57. The number of halogens is 1. The number of hydrogen-bond acceptors (Lipinski definition) is 4. The number of sulfonamides is 1. The largest absolute Gasteiger partial charge is 0.354 e. The highest BCUT2D eigenvalue weighted by atomic mass is 35.5. The van der Waals surface area contributed by atoms with Crippen molar-refractivity contribution in [3.8, 4) is 0 Å². The van der Waals surface area contributed by atoms with Crippen LogP contribution >= 0.6 is 11.6 Å². The Morgan fingerprint density at radius 3 is 2.26 bits per heavy atom. The fourth-order valence-electron chi connectivity index (χ4n) is 3.45. The van der Waals surface area contributed by atoms with Crippen molar-refractivity contribution in [1.82, 2.24) is 10.2 Å². The quantitative estimate of drug-likeness (QED) is 0.528. The lowest BCUT2D eigenvalue weighted by Crippen LogP contribution is -2.51. The van der Waals surface area contributed by atoms with Gasteiger partial charge in [0.15, 0.2) is 0 Å². The van der Waals surface area contributed by atoms with Crippen LogP contribution in [0.2, 0.25) is 5.02 Å². The van der Waals surface area contributed by atoms with Crippen molar-refractivity contribution < 1.29 is 18.0 Å². The van der Waals surface area contributed by atoms with Gasteiger partial charge in [0.2, 0.25) is 21.8 Å². The minimum absolute atomic E-state index is 0.175. The Balaban J connectivity index is 2.43. The lowest BCUT2D eigenvalue weighted by atomic mass is 10.1. The summed E-state index contributed by atoms with van der Waals surface area (Å²) in [4.78, 5) is 27.9. The van der Waals surface area contributed by atoms with Gasteiger partial charge >= 0.3 is 0 Å². The number of anilines is 1. The van der Waals surface area contributed by atoms with Gasteiger partial charge in [0, 0.05) is 18.1 Å². The predicted molar refractivity (Wildman–Crippen MR) is 137 cm³/mol. The van der Waals surface area contributed by atoms with Crippen LogP contribution in [0.4, 0.5) is 5.69 Å². The van der Waals surface area contributed by atoms with Crippen LogP contribution in [0.25, 0.3) is 0 Å². The summed E-state index contributed by atoms with van der Waals surface area (Å²) in [6, 6.07) is 11.7. The van der Waals surface area contributed by atoms with Crippen molar-refractivity contribution in [2.75, 3.05) is 23.7 Å². The first kappa shape index (κ1) is 27.7. The summed E-state index contributed by atoms with van der Waals surface area (Å²) in [6.07, 6.45) is 1.05. The third-order valence-corrected chi connectivity index (χ3v) is 6.93. The van der Waals surface area contributed by atoms with Crippen molar-refractivity contribution in [3.63, 3.8) is 0 Å². The van der Waals surface area contributed by atoms with E-state index in [1.807, 2.05) is 45.0 Å². The van der Waals surface area contributed by atoms with Crippen LogP contribution in [0, 0.1) is 19.8 Å². The number of benzene rings is 2. The summed E-state index contributed by atoms with van der Waals surface area (Å²) in [7, 11) is -3.81. The maximum Gasteiger partial charge on any atom is 0.244 e. The molecular weight excluding hydrogens is 474 g/mol. The fourth-order valence-corrected chi connectivity index (χ4v) is 4.52. The standard InChI is InChI=1S/C25H34ClN3O4S/c1-17(2)14-27-25(31)20(5)28(15-21-10-8-7-9-18(21)3)24(30)16-29(34(6,32)33)23-13-22(26)12-11-19(23)4/h7-13,17,20H,14-16H2,1-6H3,(H,27,31)/t20-/m0/s1. The van der Waals surface area contributed by atoms with Crippen molar-refractivity contribution in [1.29, 1.82) is 0 Å². The van der Waals surface area contributed by atoms with Gasteiger partial charge < -0.3 is 10.2 Å². The van der Waals surface area contributed by atoms with E-state index in [1.165, 1.54) is 11.0 Å². The molecule has 34 heavy (non-hydrogen) atoms. The first-order valence-electron chi connectivity index (χ1n) is 11.2. The van der Waals surface area contributed by atoms with Crippen LogP contribution in [0.5, 0.6) is 0 Å². The molecule has 1 atom stereocenters. The number of aryl methyl sites for hydroxylation is 2. The van der Waals surface area contributed by atoms with E-state index in [2.05, 4.69) is 5.32 Å². The number of hydrogen-bond donors (Lipinski definition) is 1. The van der Waals surface area contributed by atoms with E-state index in [0.29, 0.717) is 22.8 Å². The molecule has 0 heterocycles. The smallest absolute Gasteiger partial charge is 0.244 e. The van der Waals surface area contributed by atoms with Crippen LogP contribution in [-0.4, -0.2) is 50.5 Å². The normalized spacial score (nSPS) is 12.4. The highest BCUT2D eigenvalue weighted by Crippen LogP contribution is 2.27. The monoisotopic (exact) mass is 507 g/mol. The van der Waals surface area contributed by atoms with E-state index in [1.54, 1.807) is 26.0 Å². The van der Waals surface area contributed by atoms with Crippen molar-refractivity contribution >= 4 is 39.1 Å². The molecule has 9 heteroatoms. The maximum atomic E-state index is 13.6. The lowest BCUT2D eigenvalue weighted by molar-refractivity contribution is -0.139. The highest BCUT2D eigenvalue weighted by Gasteiger charge is 2.30. The van der Waals surface area contributed by atoms with Gasteiger partial charge in [-0.1, -0.05) is 55.8 Å². The minimum atomic E-state index is -3.81. The Hall–Kier alpha value is -2.58. The molecule has 2 aromatic rings. The molecule has 0 bridgehead atoms. The molecular formula is C25H34ClN3O4S. The Bertz CT molecular complexity index is 1130. The molecule has 0 aromatic heterocycles. The molecule has 0 radical (unpaired) electrons. The van der Waals surface area contributed by atoms with E-state index in [9.17, 15) is 18.0 Å². The van der Waals surface area contributed by atoms with Gasteiger partial charge in [0.25, 0.3) is 0 Å². The van der Waals surface area contributed by atoms with Gasteiger partial charge in [0.1, 0.15) is 12.6 Å². The topological polar surface area (TPSA) is 86.8 Å². The molecule has 2 rings (SSSR count). The molecule has 2 amide bonds. The first-order valence-corrected chi connectivity index (χ1v) is 13.4.